The molecule has 144 valence electrons. The second kappa shape index (κ2) is 7.13. The number of carboxylic acids is 1. The SMILES string of the molecule is CCCCCc1cc2c(c(O)c1C(=O)O)[C@@H]1C[C@@H](C)CC[C@H]1C(C)(C)O2. The monoisotopic (exact) mass is 360 g/mol. The van der Waals surface area contributed by atoms with Crippen LogP contribution >= 0.6 is 0 Å². The number of aromatic carboxylic acids is 1. The fourth-order valence-corrected chi connectivity index (χ4v) is 5.05. The van der Waals surface area contributed by atoms with E-state index in [0.29, 0.717) is 29.6 Å². The zero-order valence-electron chi connectivity index (χ0n) is 16.5. The normalized spacial score (nSPS) is 26.5. The molecule has 3 atom stereocenters. The third-order valence-corrected chi connectivity index (χ3v) is 6.40. The Hall–Kier alpha value is -1.71. The van der Waals surface area contributed by atoms with Crippen LogP contribution in [0, 0.1) is 11.8 Å². The molecule has 1 fully saturated rings. The Morgan fingerprint density at radius 1 is 1.31 bits per heavy atom. The van der Waals surface area contributed by atoms with Gasteiger partial charge in [0.05, 0.1) is 0 Å². The summed E-state index contributed by atoms with van der Waals surface area (Å²) in [5.74, 6) is 0.655. The quantitative estimate of drug-likeness (QED) is 0.679. The van der Waals surface area contributed by atoms with Gasteiger partial charge in [0.25, 0.3) is 0 Å². The fraction of sp³-hybridized carbons (Fsp3) is 0.682. The lowest BCUT2D eigenvalue weighted by Gasteiger charge is -2.49. The summed E-state index contributed by atoms with van der Waals surface area (Å²) in [4.78, 5) is 11.9. The van der Waals surface area contributed by atoms with Crippen LogP contribution < -0.4 is 4.74 Å². The third-order valence-electron chi connectivity index (χ3n) is 6.40. The van der Waals surface area contributed by atoms with Gasteiger partial charge in [0.2, 0.25) is 0 Å². The summed E-state index contributed by atoms with van der Waals surface area (Å²) in [6.07, 6.45) is 6.89. The predicted molar refractivity (Wildman–Crippen MR) is 102 cm³/mol. The molecule has 0 spiro atoms. The number of aryl methyl sites for hydroxylation is 1. The van der Waals surface area contributed by atoms with Crippen molar-refractivity contribution in [2.45, 2.75) is 84.2 Å². The Bertz CT molecular complexity index is 692. The number of phenols is 1. The molecule has 2 N–H and O–H groups in total. The molecule has 1 aliphatic carbocycles. The van der Waals surface area contributed by atoms with E-state index in [4.69, 9.17) is 4.74 Å². The number of aromatic hydroxyl groups is 1. The lowest BCUT2D eigenvalue weighted by molar-refractivity contribution is -0.0146. The third kappa shape index (κ3) is 3.30. The summed E-state index contributed by atoms with van der Waals surface area (Å²) in [6.45, 7) is 8.62. The summed E-state index contributed by atoms with van der Waals surface area (Å²) in [5.41, 5.74) is 1.22. The van der Waals surface area contributed by atoms with Crippen LogP contribution in [0.1, 0.15) is 93.6 Å². The summed E-state index contributed by atoms with van der Waals surface area (Å²) in [6, 6.07) is 1.89. The van der Waals surface area contributed by atoms with Crippen molar-refractivity contribution in [2.24, 2.45) is 11.8 Å². The van der Waals surface area contributed by atoms with Crippen LogP contribution in [-0.4, -0.2) is 21.8 Å². The molecule has 0 saturated heterocycles. The van der Waals surface area contributed by atoms with Crippen LogP contribution in [0.15, 0.2) is 6.07 Å². The zero-order chi connectivity index (χ0) is 19.1. The second-order valence-electron chi connectivity index (χ2n) is 8.77. The minimum Gasteiger partial charge on any atom is -0.507 e. The highest BCUT2D eigenvalue weighted by atomic mass is 16.5. The van der Waals surface area contributed by atoms with E-state index in [1.807, 2.05) is 6.07 Å². The van der Waals surface area contributed by atoms with Gasteiger partial charge in [0.1, 0.15) is 22.7 Å². The molecule has 1 heterocycles. The van der Waals surface area contributed by atoms with E-state index in [2.05, 4.69) is 27.7 Å². The van der Waals surface area contributed by atoms with Crippen LogP contribution in [0.2, 0.25) is 0 Å². The molecule has 1 aliphatic heterocycles. The van der Waals surface area contributed by atoms with Crippen molar-refractivity contribution in [3.63, 3.8) is 0 Å². The zero-order valence-corrected chi connectivity index (χ0v) is 16.5. The van der Waals surface area contributed by atoms with E-state index < -0.39 is 5.97 Å². The first kappa shape index (κ1) is 19.1. The van der Waals surface area contributed by atoms with Crippen molar-refractivity contribution in [1.82, 2.24) is 0 Å². The van der Waals surface area contributed by atoms with Gasteiger partial charge in [0, 0.05) is 11.5 Å². The van der Waals surface area contributed by atoms with Crippen LogP contribution in [0.25, 0.3) is 0 Å². The maximum Gasteiger partial charge on any atom is 0.339 e. The first-order valence-corrected chi connectivity index (χ1v) is 10.1. The molecule has 0 amide bonds. The van der Waals surface area contributed by atoms with Crippen LogP contribution in [0.4, 0.5) is 0 Å². The fourth-order valence-electron chi connectivity index (χ4n) is 5.05. The number of unbranched alkanes of at least 4 members (excludes halogenated alkanes) is 2. The minimum atomic E-state index is -1.04. The van der Waals surface area contributed by atoms with Crippen molar-refractivity contribution in [3.05, 3.63) is 22.8 Å². The summed E-state index contributed by atoms with van der Waals surface area (Å²) >= 11 is 0. The van der Waals surface area contributed by atoms with E-state index in [1.54, 1.807) is 0 Å². The van der Waals surface area contributed by atoms with Gasteiger partial charge in [-0.1, -0.05) is 33.1 Å². The summed E-state index contributed by atoms with van der Waals surface area (Å²) < 4.78 is 6.33. The molecule has 4 nitrogen and oxygen atoms in total. The van der Waals surface area contributed by atoms with Gasteiger partial charge < -0.3 is 14.9 Å². The highest BCUT2D eigenvalue weighted by Gasteiger charge is 2.47. The molecule has 0 aromatic heterocycles. The Kier molecular flexibility index (Phi) is 5.23. The molecule has 3 rings (SSSR count). The summed E-state index contributed by atoms with van der Waals surface area (Å²) in [5, 5.41) is 20.7. The van der Waals surface area contributed by atoms with Gasteiger partial charge >= 0.3 is 5.97 Å². The van der Waals surface area contributed by atoms with E-state index >= 15 is 0 Å². The maximum atomic E-state index is 11.9. The molecule has 26 heavy (non-hydrogen) atoms. The van der Waals surface area contributed by atoms with Crippen molar-refractivity contribution in [2.75, 3.05) is 0 Å². The molecule has 1 aromatic carbocycles. The van der Waals surface area contributed by atoms with E-state index in [-0.39, 0.29) is 22.8 Å². The van der Waals surface area contributed by atoms with Crippen molar-refractivity contribution in [3.8, 4) is 11.5 Å². The second-order valence-corrected chi connectivity index (χ2v) is 8.77. The van der Waals surface area contributed by atoms with Crippen molar-refractivity contribution >= 4 is 5.97 Å². The van der Waals surface area contributed by atoms with E-state index in [0.717, 1.165) is 44.1 Å². The molecule has 1 aromatic rings. The first-order valence-electron chi connectivity index (χ1n) is 10.1. The molecule has 2 aliphatic rings. The van der Waals surface area contributed by atoms with Crippen LogP contribution in [0.5, 0.6) is 11.5 Å². The molecule has 1 saturated carbocycles. The minimum absolute atomic E-state index is 0.0545. The van der Waals surface area contributed by atoms with E-state index in [9.17, 15) is 15.0 Å². The standard InChI is InChI=1S/C22H32O4/c1-5-6-7-8-14-12-17-19(20(23)18(14)21(24)25)15-11-13(2)9-10-16(15)22(3,4)26-17/h12-13,15-16,23H,5-11H2,1-4H3,(H,24,25)/t13-,15+,16+/m0/s1. The van der Waals surface area contributed by atoms with Gasteiger partial charge in [-0.15, -0.1) is 0 Å². The number of benzene rings is 1. The number of rotatable bonds is 5. The number of ether oxygens (including phenoxy) is 1. The van der Waals surface area contributed by atoms with Gasteiger partial charge in [-0.2, -0.15) is 0 Å². The Morgan fingerprint density at radius 3 is 2.69 bits per heavy atom. The van der Waals surface area contributed by atoms with Crippen molar-refractivity contribution in [1.29, 1.82) is 0 Å². The Morgan fingerprint density at radius 2 is 2.04 bits per heavy atom. The number of carboxylic acid groups (broad SMARTS) is 1. The molecule has 0 radical (unpaired) electrons. The van der Waals surface area contributed by atoms with Gasteiger partial charge in [-0.05, 0) is 63.0 Å². The van der Waals surface area contributed by atoms with Gasteiger partial charge in [-0.25, -0.2) is 4.79 Å². The van der Waals surface area contributed by atoms with Crippen molar-refractivity contribution < 1.29 is 19.7 Å². The highest BCUT2D eigenvalue weighted by molar-refractivity contribution is 5.94. The van der Waals surface area contributed by atoms with Crippen LogP contribution in [-0.2, 0) is 6.42 Å². The maximum absolute atomic E-state index is 11.9. The topological polar surface area (TPSA) is 66.8 Å². The lowest BCUT2D eigenvalue weighted by Crippen LogP contribution is -2.46. The number of hydrogen-bond acceptors (Lipinski definition) is 3. The molecular weight excluding hydrogens is 328 g/mol. The molecule has 0 unspecified atom stereocenters. The highest BCUT2D eigenvalue weighted by Crippen LogP contribution is 2.56. The lowest BCUT2D eigenvalue weighted by atomic mass is 9.64. The first-order chi connectivity index (χ1) is 12.3. The number of carbonyl (C=O) groups is 1. The average Bonchev–Trinajstić information content (AvgIpc) is 2.53. The number of hydrogen-bond donors (Lipinski definition) is 2. The molecule has 4 heteroatoms. The average molecular weight is 360 g/mol. The predicted octanol–water partition coefficient (Wildman–Crippen LogP) is 5.51. The Labute approximate surface area is 156 Å². The Balaban J connectivity index is 2.11. The smallest absolute Gasteiger partial charge is 0.339 e. The van der Waals surface area contributed by atoms with Gasteiger partial charge in [0.15, 0.2) is 0 Å². The van der Waals surface area contributed by atoms with E-state index in [1.165, 1.54) is 0 Å². The molecule has 0 bridgehead atoms. The number of fused-ring (bicyclic) bond motifs is 3. The van der Waals surface area contributed by atoms with Gasteiger partial charge in [-0.3, -0.25) is 0 Å². The molecular formula is C22H32O4. The van der Waals surface area contributed by atoms with Crippen LogP contribution in [0.3, 0.4) is 0 Å². The summed E-state index contributed by atoms with van der Waals surface area (Å²) in [7, 11) is 0. The largest absolute Gasteiger partial charge is 0.507 e.